The van der Waals surface area contributed by atoms with E-state index in [1.165, 1.54) is 0 Å². The average molecular weight is 202 g/mol. The zero-order chi connectivity index (χ0) is 10.7. The Kier molecular flexibility index (Phi) is 2.68. The van der Waals surface area contributed by atoms with Crippen LogP contribution < -0.4 is 0 Å². The van der Waals surface area contributed by atoms with Crippen LogP contribution in [0, 0.1) is 0 Å². The topological polar surface area (TPSA) is 20.2 Å². The Morgan fingerprint density at radius 2 is 1.67 bits per heavy atom. The van der Waals surface area contributed by atoms with Gasteiger partial charge in [0.2, 0.25) is 0 Å². The zero-order valence-corrected chi connectivity index (χ0v) is 8.15. The summed E-state index contributed by atoms with van der Waals surface area (Å²) in [4.78, 5) is 0. The molecule has 1 nitrogen and oxygen atoms in total. The van der Waals surface area contributed by atoms with Crippen molar-refractivity contribution in [2.45, 2.75) is 6.67 Å². The quantitative estimate of drug-likeness (QED) is 0.789. The molecule has 2 aromatic carbocycles. The Hall–Kier alpha value is -1.83. The SMILES string of the molecule is Oc1ccc(-c2cccc(CF)c2)cc1. The van der Waals surface area contributed by atoms with Crippen molar-refractivity contribution in [3.05, 3.63) is 54.1 Å². The van der Waals surface area contributed by atoms with Gasteiger partial charge in [-0.05, 0) is 34.9 Å². The maximum absolute atomic E-state index is 12.4. The lowest BCUT2D eigenvalue weighted by atomic mass is 10.0. The number of phenols is 1. The van der Waals surface area contributed by atoms with Crippen molar-refractivity contribution in [3.63, 3.8) is 0 Å². The second kappa shape index (κ2) is 4.13. The van der Waals surface area contributed by atoms with Crippen molar-refractivity contribution in [3.8, 4) is 16.9 Å². The van der Waals surface area contributed by atoms with Crippen LogP contribution in [-0.2, 0) is 6.67 Å². The number of rotatable bonds is 2. The molecule has 2 heteroatoms. The van der Waals surface area contributed by atoms with Gasteiger partial charge in [-0.2, -0.15) is 0 Å². The summed E-state index contributed by atoms with van der Waals surface area (Å²) in [6, 6.07) is 14.2. The van der Waals surface area contributed by atoms with Crippen LogP contribution in [0.5, 0.6) is 5.75 Å². The number of hydrogen-bond donors (Lipinski definition) is 1. The van der Waals surface area contributed by atoms with Crippen molar-refractivity contribution in [1.82, 2.24) is 0 Å². The molecule has 2 rings (SSSR count). The molecule has 0 saturated heterocycles. The normalized spacial score (nSPS) is 10.2. The molecule has 0 radical (unpaired) electrons. The first kappa shape index (κ1) is 9.71. The van der Waals surface area contributed by atoms with E-state index in [2.05, 4.69) is 0 Å². The smallest absolute Gasteiger partial charge is 0.115 e. The first-order valence-corrected chi connectivity index (χ1v) is 4.74. The van der Waals surface area contributed by atoms with Crippen LogP contribution in [0.15, 0.2) is 48.5 Å². The number of hydrogen-bond acceptors (Lipinski definition) is 1. The summed E-state index contributed by atoms with van der Waals surface area (Å²) in [6.45, 7) is -0.452. The summed E-state index contributed by atoms with van der Waals surface area (Å²) in [5.74, 6) is 0.236. The fourth-order valence-electron chi connectivity index (χ4n) is 1.49. The first-order valence-electron chi connectivity index (χ1n) is 4.74. The van der Waals surface area contributed by atoms with Crippen LogP contribution in [0.1, 0.15) is 5.56 Å². The van der Waals surface area contributed by atoms with Crippen LogP contribution >= 0.6 is 0 Å². The second-order valence-electron chi connectivity index (χ2n) is 3.38. The summed E-state index contributed by atoms with van der Waals surface area (Å²) in [6.07, 6.45) is 0. The van der Waals surface area contributed by atoms with Crippen LogP contribution in [0.25, 0.3) is 11.1 Å². The molecule has 0 aliphatic rings. The van der Waals surface area contributed by atoms with Gasteiger partial charge in [-0.3, -0.25) is 0 Å². The van der Waals surface area contributed by atoms with E-state index in [4.69, 9.17) is 5.11 Å². The predicted molar refractivity (Wildman–Crippen MR) is 58.4 cm³/mol. The van der Waals surface area contributed by atoms with E-state index in [1.807, 2.05) is 30.3 Å². The monoisotopic (exact) mass is 202 g/mol. The lowest BCUT2D eigenvalue weighted by Crippen LogP contribution is -1.81. The molecule has 2 aromatic rings. The fourth-order valence-corrected chi connectivity index (χ4v) is 1.49. The Labute approximate surface area is 87.8 Å². The molecule has 0 spiro atoms. The van der Waals surface area contributed by atoms with E-state index in [9.17, 15) is 4.39 Å². The van der Waals surface area contributed by atoms with Gasteiger partial charge in [0, 0.05) is 0 Å². The van der Waals surface area contributed by atoms with Crippen LogP contribution in [-0.4, -0.2) is 5.11 Å². The Morgan fingerprint density at radius 3 is 2.33 bits per heavy atom. The Balaban J connectivity index is 2.40. The third-order valence-electron chi connectivity index (χ3n) is 2.28. The van der Waals surface area contributed by atoms with E-state index in [0.717, 1.165) is 11.1 Å². The van der Waals surface area contributed by atoms with Crippen LogP contribution in [0.3, 0.4) is 0 Å². The average Bonchev–Trinajstić information content (AvgIpc) is 2.30. The van der Waals surface area contributed by atoms with Crippen molar-refractivity contribution >= 4 is 0 Å². The van der Waals surface area contributed by atoms with Crippen molar-refractivity contribution in [1.29, 1.82) is 0 Å². The van der Waals surface area contributed by atoms with Gasteiger partial charge in [0.15, 0.2) is 0 Å². The molecule has 0 amide bonds. The maximum Gasteiger partial charge on any atom is 0.115 e. The molecular weight excluding hydrogens is 191 g/mol. The minimum atomic E-state index is -0.452. The predicted octanol–water partition coefficient (Wildman–Crippen LogP) is 3.53. The molecule has 0 saturated carbocycles. The number of benzene rings is 2. The lowest BCUT2D eigenvalue weighted by Gasteiger charge is -2.03. The van der Waals surface area contributed by atoms with Gasteiger partial charge >= 0.3 is 0 Å². The molecule has 76 valence electrons. The highest BCUT2D eigenvalue weighted by Crippen LogP contribution is 2.22. The molecule has 0 atom stereocenters. The van der Waals surface area contributed by atoms with E-state index in [-0.39, 0.29) is 5.75 Å². The summed E-state index contributed by atoms with van der Waals surface area (Å²) in [5, 5.41) is 9.14. The van der Waals surface area contributed by atoms with E-state index < -0.39 is 6.67 Å². The second-order valence-corrected chi connectivity index (χ2v) is 3.38. The number of aromatic hydroxyl groups is 1. The van der Waals surface area contributed by atoms with Crippen molar-refractivity contribution < 1.29 is 9.50 Å². The van der Waals surface area contributed by atoms with Crippen molar-refractivity contribution in [2.24, 2.45) is 0 Å². The molecule has 0 unspecified atom stereocenters. The van der Waals surface area contributed by atoms with E-state index in [0.29, 0.717) is 5.56 Å². The van der Waals surface area contributed by atoms with Gasteiger partial charge in [0.05, 0.1) is 0 Å². The Bertz CT molecular complexity index is 448. The lowest BCUT2D eigenvalue weighted by molar-refractivity contribution is 0.475. The summed E-state index contributed by atoms with van der Waals surface area (Å²) >= 11 is 0. The molecule has 0 aromatic heterocycles. The standard InChI is InChI=1S/C13H11FO/c14-9-10-2-1-3-12(8-10)11-4-6-13(15)7-5-11/h1-8,15H,9H2. The third-order valence-corrected chi connectivity index (χ3v) is 2.28. The summed E-state index contributed by atoms with van der Waals surface area (Å²) in [7, 11) is 0. The summed E-state index contributed by atoms with van der Waals surface area (Å²) in [5.41, 5.74) is 2.61. The molecule has 15 heavy (non-hydrogen) atoms. The highest BCUT2D eigenvalue weighted by atomic mass is 19.1. The first-order chi connectivity index (χ1) is 7.29. The number of halogens is 1. The Morgan fingerprint density at radius 1 is 0.933 bits per heavy atom. The van der Waals surface area contributed by atoms with Gasteiger partial charge in [0.25, 0.3) is 0 Å². The largest absolute Gasteiger partial charge is 0.508 e. The highest BCUT2D eigenvalue weighted by Gasteiger charge is 1.99. The molecule has 0 aliphatic heterocycles. The minimum absolute atomic E-state index is 0.236. The molecule has 0 heterocycles. The fraction of sp³-hybridized carbons (Fsp3) is 0.0769. The number of phenolic OH excluding ortho intramolecular Hbond substituents is 1. The molecule has 0 fully saturated rings. The van der Waals surface area contributed by atoms with Crippen LogP contribution in [0.4, 0.5) is 4.39 Å². The van der Waals surface area contributed by atoms with E-state index >= 15 is 0 Å². The van der Waals surface area contributed by atoms with Gasteiger partial charge in [0.1, 0.15) is 12.4 Å². The zero-order valence-electron chi connectivity index (χ0n) is 8.15. The molecular formula is C13H11FO. The molecule has 1 N–H and O–H groups in total. The van der Waals surface area contributed by atoms with E-state index in [1.54, 1.807) is 18.2 Å². The van der Waals surface area contributed by atoms with Crippen molar-refractivity contribution in [2.75, 3.05) is 0 Å². The molecule has 0 bridgehead atoms. The van der Waals surface area contributed by atoms with Gasteiger partial charge in [-0.1, -0.05) is 30.3 Å². The van der Waals surface area contributed by atoms with Gasteiger partial charge in [-0.25, -0.2) is 4.39 Å². The van der Waals surface area contributed by atoms with Gasteiger partial charge in [-0.15, -0.1) is 0 Å². The van der Waals surface area contributed by atoms with Gasteiger partial charge < -0.3 is 5.11 Å². The van der Waals surface area contributed by atoms with Crippen LogP contribution in [0.2, 0.25) is 0 Å². The number of alkyl halides is 1. The molecule has 0 aliphatic carbocycles. The minimum Gasteiger partial charge on any atom is -0.508 e. The maximum atomic E-state index is 12.4. The third kappa shape index (κ3) is 2.15. The summed E-state index contributed by atoms with van der Waals surface area (Å²) < 4.78 is 12.4. The highest BCUT2D eigenvalue weighted by molar-refractivity contribution is 5.64.